The minimum absolute atomic E-state index is 0. The van der Waals surface area contributed by atoms with Crippen molar-refractivity contribution in [2.24, 2.45) is 0 Å². The first-order valence-corrected chi connectivity index (χ1v) is 4.57. The van der Waals surface area contributed by atoms with Crippen LogP contribution in [0.2, 0.25) is 0 Å². The predicted octanol–water partition coefficient (Wildman–Crippen LogP) is 3.96. The smallest absolute Gasteiger partial charge is 0.0431 e. The summed E-state index contributed by atoms with van der Waals surface area (Å²) >= 11 is 0. The van der Waals surface area contributed by atoms with Crippen LogP contribution in [-0.4, -0.2) is 4.98 Å². The summed E-state index contributed by atoms with van der Waals surface area (Å²) in [5.74, 6) is 1.13. The zero-order valence-corrected chi connectivity index (χ0v) is 8.33. The standard InChI is InChI=1S/C11H17N.CH4/c1-8(2)10-5-6-12-11(7-10)9(3)4;/h5-9H,1-4H3;1H4. The molecule has 0 saturated heterocycles. The van der Waals surface area contributed by atoms with E-state index in [1.165, 1.54) is 11.3 Å². The van der Waals surface area contributed by atoms with Crippen LogP contribution >= 0.6 is 0 Å². The minimum Gasteiger partial charge on any atom is -0.261 e. The highest BCUT2D eigenvalue weighted by Gasteiger charge is 2.03. The van der Waals surface area contributed by atoms with Crippen molar-refractivity contribution in [3.8, 4) is 0 Å². The summed E-state index contributed by atoms with van der Waals surface area (Å²) in [6, 6.07) is 4.30. The van der Waals surface area contributed by atoms with Crippen LogP contribution in [0.15, 0.2) is 18.3 Å². The maximum Gasteiger partial charge on any atom is 0.0431 e. The maximum absolute atomic E-state index is 4.32. The number of hydrogen-bond acceptors (Lipinski definition) is 1. The Hall–Kier alpha value is -0.850. The monoisotopic (exact) mass is 179 g/mol. The van der Waals surface area contributed by atoms with Crippen molar-refractivity contribution in [3.63, 3.8) is 0 Å². The van der Waals surface area contributed by atoms with Gasteiger partial charge in [-0.05, 0) is 29.5 Å². The fraction of sp³-hybridized carbons (Fsp3) is 0.583. The van der Waals surface area contributed by atoms with Crippen LogP contribution in [0.3, 0.4) is 0 Å². The van der Waals surface area contributed by atoms with Gasteiger partial charge in [-0.1, -0.05) is 35.1 Å². The second-order valence-corrected chi connectivity index (χ2v) is 3.82. The van der Waals surface area contributed by atoms with Crippen LogP contribution in [0.4, 0.5) is 0 Å². The number of nitrogens with zero attached hydrogens (tertiary/aromatic N) is 1. The average molecular weight is 179 g/mol. The van der Waals surface area contributed by atoms with Crippen LogP contribution in [0.5, 0.6) is 0 Å². The number of aromatic nitrogens is 1. The normalized spacial score (nSPS) is 10.3. The molecule has 74 valence electrons. The third-order valence-electron chi connectivity index (χ3n) is 2.06. The largest absolute Gasteiger partial charge is 0.261 e. The molecule has 1 heteroatoms. The number of hydrogen-bond donors (Lipinski definition) is 0. The molecule has 1 aromatic rings. The highest BCUT2D eigenvalue weighted by atomic mass is 14.7. The quantitative estimate of drug-likeness (QED) is 0.669. The van der Waals surface area contributed by atoms with Gasteiger partial charge in [0.1, 0.15) is 0 Å². The van der Waals surface area contributed by atoms with Crippen molar-refractivity contribution in [2.45, 2.75) is 47.0 Å². The van der Waals surface area contributed by atoms with Gasteiger partial charge in [0, 0.05) is 11.9 Å². The molecule has 0 amide bonds. The maximum atomic E-state index is 4.32. The van der Waals surface area contributed by atoms with Crippen molar-refractivity contribution in [2.75, 3.05) is 0 Å². The molecule has 0 unspecified atom stereocenters. The third kappa shape index (κ3) is 3.17. The van der Waals surface area contributed by atoms with E-state index in [4.69, 9.17) is 0 Å². The molecule has 0 fully saturated rings. The lowest BCUT2D eigenvalue weighted by Gasteiger charge is -2.08. The fourth-order valence-electron chi connectivity index (χ4n) is 1.14. The Balaban J connectivity index is 0.00000144. The molecular formula is C12H21N. The third-order valence-corrected chi connectivity index (χ3v) is 2.06. The van der Waals surface area contributed by atoms with E-state index in [9.17, 15) is 0 Å². The molecule has 0 saturated carbocycles. The topological polar surface area (TPSA) is 12.9 Å². The van der Waals surface area contributed by atoms with Crippen LogP contribution in [0.1, 0.15) is 58.2 Å². The van der Waals surface area contributed by atoms with Gasteiger partial charge in [-0.3, -0.25) is 4.98 Å². The first kappa shape index (κ1) is 12.2. The lowest BCUT2D eigenvalue weighted by atomic mass is 10.0. The van der Waals surface area contributed by atoms with Gasteiger partial charge in [0.2, 0.25) is 0 Å². The zero-order valence-electron chi connectivity index (χ0n) is 8.33. The first-order chi connectivity index (χ1) is 5.61. The van der Waals surface area contributed by atoms with Crippen molar-refractivity contribution in [1.29, 1.82) is 0 Å². The Labute approximate surface area is 82.2 Å². The highest BCUT2D eigenvalue weighted by molar-refractivity contribution is 5.21. The molecule has 0 N–H and O–H groups in total. The molecule has 0 atom stereocenters. The molecule has 13 heavy (non-hydrogen) atoms. The van der Waals surface area contributed by atoms with E-state index >= 15 is 0 Å². The molecular weight excluding hydrogens is 158 g/mol. The summed E-state index contributed by atoms with van der Waals surface area (Å²) in [7, 11) is 0. The molecule has 1 rings (SSSR count). The number of rotatable bonds is 2. The van der Waals surface area contributed by atoms with Gasteiger partial charge in [-0.15, -0.1) is 0 Å². The summed E-state index contributed by atoms with van der Waals surface area (Å²) in [5, 5.41) is 0. The van der Waals surface area contributed by atoms with E-state index in [0.717, 1.165) is 0 Å². The lowest BCUT2D eigenvalue weighted by molar-refractivity contribution is 0.799. The Morgan fingerprint density at radius 2 is 1.69 bits per heavy atom. The van der Waals surface area contributed by atoms with E-state index in [2.05, 4.69) is 44.8 Å². The second kappa shape index (κ2) is 5.00. The van der Waals surface area contributed by atoms with Gasteiger partial charge in [0.25, 0.3) is 0 Å². The minimum atomic E-state index is 0. The molecule has 0 bridgehead atoms. The summed E-state index contributed by atoms with van der Waals surface area (Å²) in [6.07, 6.45) is 1.91. The number of pyridine rings is 1. The van der Waals surface area contributed by atoms with Gasteiger partial charge in [0.05, 0.1) is 0 Å². The van der Waals surface area contributed by atoms with Crippen LogP contribution in [0, 0.1) is 0 Å². The Morgan fingerprint density at radius 3 is 2.15 bits per heavy atom. The summed E-state index contributed by atoms with van der Waals surface area (Å²) in [6.45, 7) is 8.76. The van der Waals surface area contributed by atoms with Crippen LogP contribution in [-0.2, 0) is 0 Å². The summed E-state index contributed by atoms with van der Waals surface area (Å²) in [5.41, 5.74) is 2.58. The lowest BCUT2D eigenvalue weighted by Crippen LogP contribution is -1.95. The van der Waals surface area contributed by atoms with E-state index in [1.54, 1.807) is 0 Å². The predicted molar refractivity (Wildman–Crippen MR) is 59.1 cm³/mol. The molecule has 0 aliphatic heterocycles. The van der Waals surface area contributed by atoms with E-state index in [-0.39, 0.29) is 7.43 Å². The molecule has 0 aliphatic carbocycles. The first-order valence-electron chi connectivity index (χ1n) is 4.57. The van der Waals surface area contributed by atoms with Gasteiger partial charge in [-0.2, -0.15) is 0 Å². The molecule has 0 spiro atoms. The molecule has 0 aliphatic rings. The SMILES string of the molecule is C.CC(C)c1ccnc(C(C)C)c1. The molecule has 1 aromatic heterocycles. The fourth-order valence-corrected chi connectivity index (χ4v) is 1.14. The van der Waals surface area contributed by atoms with Gasteiger partial charge < -0.3 is 0 Å². The van der Waals surface area contributed by atoms with E-state index in [0.29, 0.717) is 11.8 Å². The zero-order chi connectivity index (χ0) is 9.14. The van der Waals surface area contributed by atoms with E-state index in [1.807, 2.05) is 6.20 Å². The van der Waals surface area contributed by atoms with Gasteiger partial charge in [-0.25, -0.2) is 0 Å². The van der Waals surface area contributed by atoms with Crippen molar-refractivity contribution < 1.29 is 0 Å². The molecule has 1 nitrogen and oxygen atoms in total. The Morgan fingerprint density at radius 1 is 1.08 bits per heavy atom. The summed E-state index contributed by atoms with van der Waals surface area (Å²) in [4.78, 5) is 4.32. The van der Waals surface area contributed by atoms with Crippen LogP contribution in [0.25, 0.3) is 0 Å². The molecule has 0 radical (unpaired) electrons. The van der Waals surface area contributed by atoms with E-state index < -0.39 is 0 Å². The average Bonchev–Trinajstić information content (AvgIpc) is 2.04. The van der Waals surface area contributed by atoms with Gasteiger partial charge in [0.15, 0.2) is 0 Å². The Kier molecular flexibility index (Phi) is 4.68. The molecule has 0 aromatic carbocycles. The Bertz CT molecular complexity index is 228. The second-order valence-electron chi connectivity index (χ2n) is 3.82. The molecule has 1 heterocycles. The van der Waals surface area contributed by atoms with Crippen molar-refractivity contribution in [1.82, 2.24) is 4.98 Å². The van der Waals surface area contributed by atoms with Gasteiger partial charge >= 0.3 is 0 Å². The highest BCUT2D eigenvalue weighted by Crippen LogP contribution is 2.18. The summed E-state index contributed by atoms with van der Waals surface area (Å²) < 4.78 is 0. The van der Waals surface area contributed by atoms with Crippen molar-refractivity contribution >= 4 is 0 Å². The van der Waals surface area contributed by atoms with Crippen molar-refractivity contribution in [3.05, 3.63) is 29.6 Å². The van der Waals surface area contributed by atoms with Crippen LogP contribution < -0.4 is 0 Å².